The van der Waals surface area contributed by atoms with Crippen LogP contribution in [0.15, 0.2) is 29.2 Å². The summed E-state index contributed by atoms with van der Waals surface area (Å²) in [4.78, 5) is 36.8. The zero-order valence-electron chi connectivity index (χ0n) is 13.5. The van der Waals surface area contributed by atoms with Gasteiger partial charge in [-0.3, -0.25) is 14.4 Å². The summed E-state index contributed by atoms with van der Waals surface area (Å²) < 4.78 is 0. The van der Waals surface area contributed by atoms with Crippen LogP contribution in [0.2, 0.25) is 0 Å². The number of hydrogen-bond acceptors (Lipinski definition) is 4. The number of hydrogen-bond donors (Lipinski definition) is 2. The average Bonchev–Trinajstić information content (AvgIpc) is 2.49. The van der Waals surface area contributed by atoms with Crippen LogP contribution in [0, 0.1) is 0 Å². The van der Waals surface area contributed by atoms with Crippen molar-refractivity contribution in [3.05, 3.63) is 29.8 Å². The zero-order chi connectivity index (χ0) is 17.4. The molecule has 0 atom stereocenters. The van der Waals surface area contributed by atoms with E-state index in [9.17, 15) is 14.4 Å². The molecule has 0 heterocycles. The molecular formula is C16H22N2O4S. The van der Waals surface area contributed by atoms with E-state index in [1.165, 1.54) is 16.7 Å². The van der Waals surface area contributed by atoms with Crippen LogP contribution in [0.3, 0.4) is 0 Å². The molecule has 0 aromatic heterocycles. The molecule has 7 heteroatoms. The first-order valence-electron chi connectivity index (χ1n) is 7.29. The fourth-order valence-electron chi connectivity index (χ4n) is 1.85. The van der Waals surface area contributed by atoms with Gasteiger partial charge in [-0.2, -0.15) is 0 Å². The highest BCUT2D eigenvalue weighted by atomic mass is 32.2. The number of carbonyl (C=O) groups is 3. The van der Waals surface area contributed by atoms with Gasteiger partial charge >= 0.3 is 5.97 Å². The van der Waals surface area contributed by atoms with Crippen LogP contribution >= 0.6 is 11.8 Å². The van der Waals surface area contributed by atoms with Gasteiger partial charge in [0.2, 0.25) is 5.91 Å². The molecule has 0 saturated heterocycles. The first-order valence-corrected chi connectivity index (χ1v) is 8.28. The van der Waals surface area contributed by atoms with Crippen molar-refractivity contribution in [3.63, 3.8) is 0 Å². The number of thioether (sulfide) groups is 1. The minimum Gasteiger partial charge on any atom is -0.481 e. The third-order valence-electron chi connectivity index (χ3n) is 2.93. The summed E-state index contributed by atoms with van der Waals surface area (Å²) in [6.45, 7) is 3.91. The highest BCUT2D eigenvalue weighted by Crippen LogP contribution is 2.23. The Bertz CT molecular complexity index is 575. The number of carbonyl (C=O) groups excluding carboxylic acids is 2. The molecule has 0 saturated carbocycles. The van der Waals surface area contributed by atoms with Crippen molar-refractivity contribution in [1.82, 2.24) is 10.2 Å². The number of amides is 2. The molecule has 0 radical (unpaired) electrons. The van der Waals surface area contributed by atoms with Crippen LogP contribution in [-0.2, 0) is 9.59 Å². The highest BCUT2D eigenvalue weighted by molar-refractivity contribution is 8.00. The summed E-state index contributed by atoms with van der Waals surface area (Å²) in [5, 5.41) is 11.5. The lowest BCUT2D eigenvalue weighted by Crippen LogP contribution is -2.31. The van der Waals surface area contributed by atoms with Crippen molar-refractivity contribution < 1.29 is 19.5 Å². The molecule has 0 spiro atoms. The average molecular weight is 338 g/mol. The molecule has 1 aromatic carbocycles. The van der Waals surface area contributed by atoms with Crippen molar-refractivity contribution in [2.24, 2.45) is 0 Å². The molecule has 0 fully saturated rings. The van der Waals surface area contributed by atoms with Gasteiger partial charge < -0.3 is 15.3 Å². The molecule has 1 aromatic rings. The molecule has 1 rings (SSSR count). The quantitative estimate of drug-likeness (QED) is 0.707. The zero-order valence-corrected chi connectivity index (χ0v) is 14.4. The molecular weight excluding hydrogens is 316 g/mol. The second-order valence-electron chi connectivity index (χ2n) is 5.38. The molecule has 0 unspecified atom stereocenters. The van der Waals surface area contributed by atoms with Crippen LogP contribution < -0.4 is 5.32 Å². The third kappa shape index (κ3) is 6.73. The van der Waals surface area contributed by atoms with E-state index in [0.717, 1.165) is 0 Å². The Morgan fingerprint density at radius 2 is 1.91 bits per heavy atom. The lowest BCUT2D eigenvalue weighted by atomic mass is 10.2. The van der Waals surface area contributed by atoms with Crippen molar-refractivity contribution in [3.8, 4) is 0 Å². The predicted octanol–water partition coefficient (Wildman–Crippen LogP) is 1.85. The van der Waals surface area contributed by atoms with Gasteiger partial charge in [0.1, 0.15) is 0 Å². The van der Waals surface area contributed by atoms with Crippen molar-refractivity contribution in [2.75, 3.05) is 19.3 Å². The highest BCUT2D eigenvalue weighted by Gasteiger charge is 2.17. The molecule has 0 bridgehead atoms. The van der Waals surface area contributed by atoms with E-state index in [0.29, 0.717) is 10.5 Å². The summed E-state index contributed by atoms with van der Waals surface area (Å²) in [5.74, 6) is -1.07. The fraction of sp³-hybridized carbons (Fsp3) is 0.438. The Hall–Kier alpha value is -2.02. The van der Waals surface area contributed by atoms with Gasteiger partial charge in [-0.25, -0.2) is 0 Å². The van der Waals surface area contributed by atoms with Crippen LogP contribution in [0.1, 0.15) is 30.6 Å². The number of nitrogens with one attached hydrogen (secondary N) is 1. The van der Waals surface area contributed by atoms with Crippen molar-refractivity contribution in [2.45, 2.75) is 31.2 Å². The van der Waals surface area contributed by atoms with E-state index < -0.39 is 5.97 Å². The first-order chi connectivity index (χ1) is 10.8. The molecule has 2 N–H and O–H groups in total. The molecule has 0 aliphatic carbocycles. The number of aliphatic carboxylic acids is 1. The fourth-order valence-corrected chi connectivity index (χ4v) is 2.70. The largest absolute Gasteiger partial charge is 0.481 e. The van der Waals surface area contributed by atoms with Gasteiger partial charge in [0.25, 0.3) is 5.91 Å². The minimum absolute atomic E-state index is 0.0714. The maximum atomic E-state index is 12.4. The van der Waals surface area contributed by atoms with Gasteiger partial charge in [-0.1, -0.05) is 12.1 Å². The summed E-state index contributed by atoms with van der Waals surface area (Å²) in [5.41, 5.74) is 0.475. The standard InChI is InChI=1S/C16H22N2O4S/c1-11(2)17-14(19)10-23-13-7-5-4-6-12(13)16(22)18(3)9-8-15(20)21/h4-7,11H,8-10H2,1-3H3,(H,17,19)(H,20,21). The summed E-state index contributed by atoms with van der Waals surface area (Å²) in [6.07, 6.45) is -0.103. The van der Waals surface area contributed by atoms with Crippen molar-refractivity contribution >= 4 is 29.5 Å². The number of rotatable bonds is 8. The van der Waals surface area contributed by atoms with Crippen molar-refractivity contribution in [1.29, 1.82) is 0 Å². The van der Waals surface area contributed by atoms with E-state index >= 15 is 0 Å². The normalized spacial score (nSPS) is 10.4. The lowest BCUT2D eigenvalue weighted by Gasteiger charge is -2.18. The van der Waals surface area contributed by atoms with Crippen LogP contribution in [0.5, 0.6) is 0 Å². The SMILES string of the molecule is CC(C)NC(=O)CSc1ccccc1C(=O)N(C)CCC(=O)O. The van der Waals surface area contributed by atoms with Gasteiger partial charge in [-0.05, 0) is 26.0 Å². The maximum Gasteiger partial charge on any atom is 0.305 e. The van der Waals surface area contributed by atoms with E-state index in [1.54, 1.807) is 31.3 Å². The van der Waals surface area contributed by atoms with Gasteiger partial charge in [-0.15, -0.1) is 11.8 Å². The smallest absolute Gasteiger partial charge is 0.305 e. The van der Waals surface area contributed by atoms with Gasteiger partial charge in [0.15, 0.2) is 0 Å². The van der Waals surface area contributed by atoms with Crippen LogP contribution in [-0.4, -0.2) is 53.2 Å². The maximum absolute atomic E-state index is 12.4. The Labute approximate surface area is 140 Å². The molecule has 2 amide bonds. The Kier molecular flexibility index (Phi) is 7.61. The second-order valence-corrected chi connectivity index (χ2v) is 6.39. The minimum atomic E-state index is -0.947. The van der Waals surface area contributed by atoms with E-state index in [2.05, 4.69) is 5.32 Å². The Balaban J connectivity index is 2.74. The number of carboxylic acid groups (broad SMARTS) is 1. The molecule has 6 nitrogen and oxygen atoms in total. The van der Waals surface area contributed by atoms with Crippen LogP contribution in [0.25, 0.3) is 0 Å². The molecule has 0 aliphatic rings. The predicted molar refractivity (Wildman–Crippen MR) is 89.7 cm³/mol. The first kappa shape index (κ1) is 19.0. The Morgan fingerprint density at radius 3 is 2.52 bits per heavy atom. The molecule has 126 valence electrons. The third-order valence-corrected chi connectivity index (χ3v) is 4.01. The molecule has 23 heavy (non-hydrogen) atoms. The van der Waals surface area contributed by atoms with E-state index in [4.69, 9.17) is 5.11 Å². The van der Waals surface area contributed by atoms with E-state index in [-0.39, 0.29) is 36.6 Å². The van der Waals surface area contributed by atoms with Crippen LogP contribution in [0.4, 0.5) is 0 Å². The monoisotopic (exact) mass is 338 g/mol. The summed E-state index contributed by atoms with van der Waals surface area (Å²) in [7, 11) is 1.57. The van der Waals surface area contributed by atoms with Gasteiger partial charge in [0, 0.05) is 24.5 Å². The lowest BCUT2D eigenvalue weighted by molar-refractivity contribution is -0.137. The Morgan fingerprint density at radius 1 is 1.26 bits per heavy atom. The second kappa shape index (κ2) is 9.19. The number of carboxylic acids is 1. The number of benzene rings is 1. The van der Waals surface area contributed by atoms with Gasteiger partial charge in [0.05, 0.1) is 17.7 Å². The summed E-state index contributed by atoms with van der Waals surface area (Å²) in [6, 6.07) is 7.09. The molecule has 0 aliphatic heterocycles. The summed E-state index contributed by atoms with van der Waals surface area (Å²) >= 11 is 1.29. The topological polar surface area (TPSA) is 86.7 Å². The number of nitrogens with zero attached hydrogens (tertiary/aromatic N) is 1. The van der Waals surface area contributed by atoms with E-state index in [1.807, 2.05) is 13.8 Å².